The monoisotopic (exact) mass is 589 g/mol. The Morgan fingerprint density at radius 1 is 0.976 bits per heavy atom. The van der Waals surface area contributed by atoms with Crippen LogP contribution in [0.15, 0.2) is 18.2 Å². The van der Waals surface area contributed by atoms with Crippen LogP contribution < -0.4 is 10.6 Å². The van der Waals surface area contributed by atoms with Crippen molar-refractivity contribution in [2.75, 3.05) is 12.0 Å². The van der Waals surface area contributed by atoms with Gasteiger partial charge in [0.05, 0.1) is 0 Å². The maximum absolute atomic E-state index is 14.6. The number of hydrogen-bond donors (Lipinski definition) is 2. The number of carbonyl (C=O) groups excluding carboxylic acids is 3. The zero-order valence-corrected chi connectivity index (χ0v) is 27.8. The third-order valence-corrected chi connectivity index (χ3v) is 8.17. The van der Waals surface area contributed by atoms with Crippen LogP contribution in [0.5, 0.6) is 0 Å². The number of ether oxygens (including phenoxy) is 1. The number of aryl methyl sites for hydroxylation is 2. The fraction of sp³-hybridized carbons (Fsp3) is 0.727. The molecule has 7 nitrogen and oxygen atoms in total. The average molecular weight is 590 g/mol. The first kappa shape index (κ1) is 35.0. The molecule has 0 spiro atoms. The third kappa shape index (κ3) is 11.9. The van der Waals surface area contributed by atoms with Crippen LogP contribution in [0.2, 0.25) is 0 Å². The van der Waals surface area contributed by atoms with Crippen molar-refractivity contribution in [1.29, 1.82) is 0 Å². The number of carbonyl (C=O) groups is 3. The molecule has 41 heavy (non-hydrogen) atoms. The lowest BCUT2D eigenvalue weighted by Gasteiger charge is -2.39. The Hall–Kier alpha value is -2.22. The van der Waals surface area contributed by atoms with E-state index in [1.165, 1.54) is 6.42 Å². The molecule has 2 N–H and O–H groups in total. The van der Waals surface area contributed by atoms with Crippen molar-refractivity contribution in [3.63, 3.8) is 0 Å². The zero-order valence-electron chi connectivity index (χ0n) is 27.0. The summed E-state index contributed by atoms with van der Waals surface area (Å²) in [7, 11) is 0. The smallest absolute Gasteiger partial charge is 0.408 e. The second-order valence-electron chi connectivity index (χ2n) is 13.2. The molecular weight excluding hydrogens is 534 g/mol. The third-order valence-electron chi connectivity index (χ3n) is 7.53. The summed E-state index contributed by atoms with van der Waals surface area (Å²) >= 11 is 1.62. The van der Waals surface area contributed by atoms with E-state index in [9.17, 15) is 14.4 Å². The Balaban J connectivity index is 2.58. The van der Waals surface area contributed by atoms with E-state index < -0.39 is 23.8 Å². The Bertz CT molecular complexity index is 980. The van der Waals surface area contributed by atoms with Gasteiger partial charge in [-0.15, -0.1) is 0 Å². The summed E-state index contributed by atoms with van der Waals surface area (Å²) in [4.78, 5) is 43.5. The van der Waals surface area contributed by atoms with Crippen molar-refractivity contribution in [3.05, 3.63) is 34.9 Å². The lowest BCUT2D eigenvalue weighted by Crippen LogP contribution is -2.56. The van der Waals surface area contributed by atoms with Crippen molar-refractivity contribution in [3.8, 4) is 0 Å². The minimum atomic E-state index is -0.810. The van der Waals surface area contributed by atoms with Crippen LogP contribution in [0.3, 0.4) is 0 Å². The number of amides is 3. The molecule has 232 valence electrons. The largest absolute Gasteiger partial charge is 0.444 e. The van der Waals surface area contributed by atoms with Crippen molar-refractivity contribution in [1.82, 2.24) is 15.5 Å². The highest BCUT2D eigenvalue weighted by Crippen LogP contribution is 2.30. The Morgan fingerprint density at radius 3 is 2.12 bits per heavy atom. The molecule has 8 heteroatoms. The molecule has 1 fully saturated rings. The summed E-state index contributed by atoms with van der Waals surface area (Å²) in [5, 5.41) is 6.18. The van der Waals surface area contributed by atoms with E-state index in [2.05, 4.69) is 30.5 Å². The molecule has 3 atom stereocenters. The highest BCUT2D eigenvalue weighted by atomic mass is 32.2. The van der Waals surface area contributed by atoms with Crippen LogP contribution >= 0.6 is 11.8 Å². The van der Waals surface area contributed by atoms with Gasteiger partial charge in [0.2, 0.25) is 11.8 Å². The van der Waals surface area contributed by atoms with E-state index >= 15 is 0 Å². The maximum Gasteiger partial charge on any atom is 0.408 e. The van der Waals surface area contributed by atoms with Gasteiger partial charge in [-0.25, -0.2) is 4.79 Å². The number of nitrogens with zero attached hydrogens (tertiary/aromatic N) is 1. The Labute approximate surface area is 253 Å². The first-order chi connectivity index (χ1) is 19.2. The quantitative estimate of drug-likeness (QED) is 0.256. The molecule has 1 aromatic rings. The van der Waals surface area contributed by atoms with Crippen LogP contribution in [0.4, 0.5) is 4.79 Å². The lowest BCUT2D eigenvalue weighted by atomic mass is 9.92. The van der Waals surface area contributed by atoms with Gasteiger partial charge in [0.25, 0.3) is 0 Å². The SMILES string of the molecule is CSCCC(NC(=O)OC(C)(C)C)C(=O)N(C(C)CCC(C)C)C(C(=O)NC1CCCCC1)c1cc(C)cc(C)c1. The van der Waals surface area contributed by atoms with Gasteiger partial charge in [-0.2, -0.15) is 11.8 Å². The zero-order chi connectivity index (χ0) is 30.7. The van der Waals surface area contributed by atoms with Crippen molar-refractivity contribution < 1.29 is 19.1 Å². The predicted molar refractivity (Wildman–Crippen MR) is 170 cm³/mol. The van der Waals surface area contributed by atoms with Gasteiger partial charge >= 0.3 is 6.09 Å². The summed E-state index contributed by atoms with van der Waals surface area (Å²) in [6.45, 7) is 15.8. The van der Waals surface area contributed by atoms with Gasteiger partial charge in [0, 0.05) is 12.1 Å². The van der Waals surface area contributed by atoms with Crippen LogP contribution in [0, 0.1) is 19.8 Å². The number of rotatable bonds is 13. The van der Waals surface area contributed by atoms with Crippen LogP contribution in [0.25, 0.3) is 0 Å². The van der Waals surface area contributed by atoms with E-state index in [-0.39, 0.29) is 23.9 Å². The number of hydrogen-bond acceptors (Lipinski definition) is 5. The van der Waals surface area contributed by atoms with Gasteiger partial charge in [0.1, 0.15) is 17.7 Å². The Morgan fingerprint density at radius 2 is 1.59 bits per heavy atom. The molecule has 0 aromatic heterocycles. The minimum absolute atomic E-state index is 0.111. The van der Waals surface area contributed by atoms with E-state index in [1.807, 2.05) is 39.2 Å². The molecule has 3 unspecified atom stereocenters. The van der Waals surface area contributed by atoms with Gasteiger partial charge in [0.15, 0.2) is 0 Å². The molecule has 1 aliphatic rings. The molecule has 0 heterocycles. The molecule has 0 saturated heterocycles. The van der Waals surface area contributed by atoms with Crippen molar-refractivity contribution in [2.24, 2.45) is 5.92 Å². The van der Waals surface area contributed by atoms with E-state index in [0.717, 1.165) is 55.2 Å². The fourth-order valence-corrected chi connectivity index (χ4v) is 6.04. The van der Waals surface area contributed by atoms with Gasteiger partial charge in [-0.3, -0.25) is 9.59 Å². The van der Waals surface area contributed by atoms with Crippen molar-refractivity contribution in [2.45, 2.75) is 137 Å². The summed E-state index contributed by atoms with van der Waals surface area (Å²) in [6, 6.07) is 4.40. The molecule has 0 bridgehead atoms. The van der Waals surface area contributed by atoms with Crippen LogP contribution in [0.1, 0.15) is 116 Å². The lowest BCUT2D eigenvalue weighted by molar-refractivity contribution is -0.145. The molecule has 0 aliphatic heterocycles. The molecule has 1 aliphatic carbocycles. The van der Waals surface area contributed by atoms with E-state index in [4.69, 9.17) is 4.74 Å². The number of alkyl carbamates (subject to hydrolysis) is 1. The molecule has 2 rings (SSSR count). The van der Waals surface area contributed by atoms with E-state index in [1.54, 1.807) is 37.4 Å². The van der Waals surface area contributed by atoms with Crippen molar-refractivity contribution >= 4 is 29.7 Å². The van der Waals surface area contributed by atoms with Gasteiger partial charge in [-0.1, -0.05) is 62.4 Å². The van der Waals surface area contributed by atoms with Gasteiger partial charge < -0.3 is 20.3 Å². The topological polar surface area (TPSA) is 87.7 Å². The fourth-order valence-electron chi connectivity index (χ4n) is 5.57. The first-order valence-corrected chi connectivity index (χ1v) is 16.8. The number of benzene rings is 1. The highest BCUT2D eigenvalue weighted by Gasteiger charge is 2.39. The molecule has 1 aromatic carbocycles. The number of nitrogens with one attached hydrogen (secondary N) is 2. The number of thioether (sulfide) groups is 1. The normalized spacial score (nSPS) is 16.5. The molecule has 0 radical (unpaired) electrons. The average Bonchev–Trinajstić information content (AvgIpc) is 2.86. The van der Waals surface area contributed by atoms with Gasteiger partial charge in [-0.05, 0) is 97.1 Å². The standard InChI is InChI=1S/C33H55N3O4S/c1-22(2)15-16-25(5)36(31(38)28(17-18-41-9)35-32(39)40-33(6,7)8)29(26-20-23(3)19-24(4)21-26)30(37)34-27-13-11-10-12-14-27/h19-22,25,27-29H,10-18H2,1-9H3,(H,34,37)(H,35,39). The van der Waals surface area contributed by atoms with E-state index in [0.29, 0.717) is 18.1 Å². The summed E-state index contributed by atoms with van der Waals surface area (Å²) in [6.07, 6.45) is 8.78. The minimum Gasteiger partial charge on any atom is -0.444 e. The maximum atomic E-state index is 14.6. The summed E-state index contributed by atoms with van der Waals surface area (Å²) in [5.41, 5.74) is 2.21. The van der Waals surface area contributed by atoms with Crippen LogP contribution in [-0.2, 0) is 14.3 Å². The second kappa shape index (κ2) is 16.4. The molecule has 3 amide bonds. The summed E-state index contributed by atoms with van der Waals surface area (Å²) < 4.78 is 5.54. The summed E-state index contributed by atoms with van der Waals surface area (Å²) in [5.74, 6) is 0.747. The first-order valence-electron chi connectivity index (χ1n) is 15.4. The second-order valence-corrected chi connectivity index (χ2v) is 14.2. The Kier molecular flexibility index (Phi) is 14.0. The predicted octanol–water partition coefficient (Wildman–Crippen LogP) is 7.09. The highest BCUT2D eigenvalue weighted by molar-refractivity contribution is 7.98. The molecular formula is C33H55N3O4S. The van der Waals surface area contributed by atoms with Crippen LogP contribution in [-0.4, -0.2) is 58.5 Å². The molecule has 1 saturated carbocycles.